The van der Waals surface area contributed by atoms with Crippen LogP contribution in [0.15, 0.2) is 82.3 Å². The van der Waals surface area contributed by atoms with E-state index in [1.807, 2.05) is 74.8 Å². The summed E-state index contributed by atoms with van der Waals surface area (Å²) in [6.45, 7) is 0. The first-order valence-corrected chi connectivity index (χ1v) is 8.71. The Bertz CT molecular complexity index is 1030. The summed E-state index contributed by atoms with van der Waals surface area (Å²) >= 11 is 0. The third-order valence-corrected chi connectivity index (χ3v) is 4.24. The van der Waals surface area contributed by atoms with Crippen molar-refractivity contribution in [2.24, 2.45) is 5.10 Å². The van der Waals surface area contributed by atoms with Gasteiger partial charge in [-0.2, -0.15) is 5.10 Å². The normalized spacial score (nSPS) is 11.2. The number of hydrogen-bond donors (Lipinski definition) is 1. The van der Waals surface area contributed by atoms with Gasteiger partial charge < -0.3 is 9.32 Å². The number of hydrazone groups is 1. The van der Waals surface area contributed by atoms with Crippen molar-refractivity contribution in [2.75, 3.05) is 24.4 Å². The minimum Gasteiger partial charge on any atom is -0.436 e. The van der Waals surface area contributed by atoms with E-state index < -0.39 is 0 Å². The van der Waals surface area contributed by atoms with Gasteiger partial charge in [0.15, 0.2) is 5.58 Å². The minimum absolute atomic E-state index is 0.618. The zero-order chi connectivity index (χ0) is 18.6. The smallest absolute Gasteiger partial charge is 0.227 e. The molecule has 5 nitrogen and oxygen atoms in total. The average molecular weight is 356 g/mol. The summed E-state index contributed by atoms with van der Waals surface area (Å²) in [4.78, 5) is 6.58. The maximum Gasteiger partial charge on any atom is 0.227 e. The largest absolute Gasteiger partial charge is 0.436 e. The first-order valence-electron chi connectivity index (χ1n) is 8.71. The van der Waals surface area contributed by atoms with E-state index >= 15 is 0 Å². The quantitative estimate of drug-likeness (QED) is 0.403. The van der Waals surface area contributed by atoms with Crippen molar-refractivity contribution in [2.45, 2.75) is 0 Å². The van der Waals surface area contributed by atoms with E-state index in [1.54, 1.807) is 6.21 Å². The van der Waals surface area contributed by atoms with Crippen molar-refractivity contribution in [3.63, 3.8) is 0 Å². The fraction of sp³-hybridized carbons (Fsp3) is 0.0909. The summed E-state index contributed by atoms with van der Waals surface area (Å²) in [5, 5.41) is 4.30. The second-order valence-corrected chi connectivity index (χ2v) is 6.42. The van der Waals surface area contributed by atoms with Crippen LogP contribution in [0.3, 0.4) is 0 Å². The zero-order valence-corrected chi connectivity index (χ0v) is 15.3. The van der Waals surface area contributed by atoms with E-state index in [0.717, 1.165) is 33.6 Å². The molecule has 0 fully saturated rings. The summed E-state index contributed by atoms with van der Waals surface area (Å²) in [6.07, 6.45) is 1.80. The molecule has 0 aliphatic carbocycles. The predicted molar refractivity (Wildman–Crippen MR) is 111 cm³/mol. The van der Waals surface area contributed by atoms with E-state index in [9.17, 15) is 0 Å². The van der Waals surface area contributed by atoms with Crippen molar-refractivity contribution >= 4 is 28.7 Å². The van der Waals surface area contributed by atoms with Crippen molar-refractivity contribution < 1.29 is 4.42 Å². The number of aromatic nitrogens is 1. The second kappa shape index (κ2) is 7.33. The van der Waals surface area contributed by atoms with Gasteiger partial charge in [-0.25, -0.2) is 4.98 Å². The molecule has 0 bridgehead atoms. The standard InChI is InChI=1S/C22H20N4O/c1-26(2)19-13-7-16(8-14-19)15-23-25-18-11-9-17(10-12-18)22-24-20-5-3-4-6-21(20)27-22/h3-15,25H,1-2H3/b23-15+. The Morgan fingerprint density at radius 3 is 2.37 bits per heavy atom. The summed E-state index contributed by atoms with van der Waals surface area (Å²) in [5.74, 6) is 0.618. The molecular weight excluding hydrogens is 336 g/mol. The number of fused-ring (bicyclic) bond motifs is 1. The van der Waals surface area contributed by atoms with Crippen LogP contribution in [-0.2, 0) is 0 Å². The molecule has 5 heteroatoms. The maximum absolute atomic E-state index is 5.79. The first-order chi connectivity index (χ1) is 13.2. The number of oxazole rings is 1. The lowest BCUT2D eigenvalue weighted by molar-refractivity contribution is 0.620. The highest BCUT2D eigenvalue weighted by Crippen LogP contribution is 2.25. The van der Waals surface area contributed by atoms with Gasteiger partial charge in [0, 0.05) is 25.3 Å². The van der Waals surface area contributed by atoms with Crippen LogP contribution in [0, 0.1) is 0 Å². The molecule has 0 saturated carbocycles. The fourth-order valence-corrected chi connectivity index (χ4v) is 2.72. The van der Waals surface area contributed by atoms with Gasteiger partial charge >= 0.3 is 0 Å². The highest BCUT2D eigenvalue weighted by molar-refractivity contribution is 5.81. The zero-order valence-electron chi connectivity index (χ0n) is 15.3. The Hall–Kier alpha value is -3.60. The van der Waals surface area contributed by atoms with Crippen LogP contribution >= 0.6 is 0 Å². The van der Waals surface area contributed by atoms with Crippen LogP contribution < -0.4 is 10.3 Å². The highest BCUT2D eigenvalue weighted by atomic mass is 16.3. The molecule has 1 aromatic heterocycles. The van der Waals surface area contributed by atoms with Crippen LogP contribution in [0.2, 0.25) is 0 Å². The minimum atomic E-state index is 0.618. The van der Waals surface area contributed by atoms with Crippen molar-refractivity contribution in [1.29, 1.82) is 0 Å². The third-order valence-electron chi connectivity index (χ3n) is 4.24. The monoisotopic (exact) mass is 356 g/mol. The molecule has 134 valence electrons. The molecule has 0 spiro atoms. The number of benzene rings is 3. The van der Waals surface area contributed by atoms with Gasteiger partial charge in [-0.05, 0) is 54.1 Å². The Labute approximate surface area is 158 Å². The number of para-hydroxylation sites is 2. The molecule has 0 aliphatic rings. The molecule has 4 aromatic rings. The molecule has 1 heterocycles. The Morgan fingerprint density at radius 2 is 1.67 bits per heavy atom. The Balaban J connectivity index is 1.43. The van der Waals surface area contributed by atoms with E-state index in [-0.39, 0.29) is 0 Å². The van der Waals surface area contributed by atoms with Crippen LogP contribution in [0.1, 0.15) is 5.56 Å². The van der Waals surface area contributed by atoms with Gasteiger partial charge in [-0.1, -0.05) is 24.3 Å². The van der Waals surface area contributed by atoms with E-state index in [2.05, 4.69) is 32.5 Å². The van der Waals surface area contributed by atoms with Gasteiger partial charge in [-0.15, -0.1) is 0 Å². The van der Waals surface area contributed by atoms with Gasteiger partial charge in [0.05, 0.1) is 11.9 Å². The van der Waals surface area contributed by atoms with Crippen LogP contribution in [0.5, 0.6) is 0 Å². The number of nitrogens with zero attached hydrogens (tertiary/aromatic N) is 3. The molecule has 27 heavy (non-hydrogen) atoms. The molecule has 0 unspecified atom stereocenters. The molecule has 1 N–H and O–H groups in total. The van der Waals surface area contributed by atoms with Gasteiger partial charge in [0.1, 0.15) is 5.52 Å². The topological polar surface area (TPSA) is 53.7 Å². The molecular formula is C22H20N4O. The SMILES string of the molecule is CN(C)c1ccc(/C=N/Nc2ccc(-c3nc4ccccc4o3)cc2)cc1. The van der Waals surface area contributed by atoms with Crippen molar-refractivity contribution in [3.05, 3.63) is 78.4 Å². The molecule has 0 saturated heterocycles. The molecule has 3 aromatic carbocycles. The maximum atomic E-state index is 5.79. The van der Waals surface area contributed by atoms with E-state index in [1.165, 1.54) is 0 Å². The lowest BCUT2D eigenvalue weighted by atomic mass is 10.2. The molecule has 0 aliphatic heterocycles. The molecule has 0 amide bonds. The molecule has 0 atom stereocenters. The van der Waals surface area contributed by atoms with Gasteiger partial charge in [0.25, 0.3) is 0 Å². The average Bonchev–Trinajstić information content (AvgIpc) is 3.13. The number of anilines is 2. The summed E-state index contributed by atoms with van der Waals surface area (Å²) in [6, 6.07) is 23.8. The summed E-state index contributed by atoms with van der Waals surface area (Å²) in [5.41, 5.74) is 8.73. The highest BCUT2D eigenvalue weighted by Gasteiger charge is 2.07. The number of rotatable bonds is 5. The third kappa shape index (κ3) is 3.82. The van der Waals surface area contributed by atoms with Crippen molar-refractivity contribution in [3.8, 4) is 11.5 Å². The van der Waals surface area contributed by atoms with Crippen LogP contribution in [-0.4, -0.2) is 25.3 Å². The lowest BCUT2D eigenvalue weighted by Crippen LogP contribution is -2.08. The predicted octanol–water partition coefficient (Wildman–Crippen LogP) is 5.01. The number of hydrogen-bond acceptors (Lipinski definition) is 5. The van der Waals surface area contributed by atoms with E-state index in [0.29, 0.717) is 5.89 Å². The van der Waals surface area contributed by atoms with Crippen LogP contribution in [0.25, 0.3) is 22.6 Å². The Kier molecular flexibility index (Phi) is 4.58. The van der Waals surface area contributed by atoms with Crippen molar-refractivity contribution in [1.82, 2.24) is 4.98 Å². The molecule has 0 radical (unpaired) electrons. The van der Waals surface area contributed by atoms with Crippen LogP contribution in [0.4, 0.5) is 11.4 Å². The molecule has 4 rings (SSSR count). The summed E-state index contributed by atoms with van der Waals surface area (Å²) in [7, 11) is 4.05. The summed E-state index contributed by atoms with van der Waals surface area (Å²) < 4.78 is 5.79. The second-order valence-electron chi connectivity index (χ2n) is 6.42. The van der Waals surface area contributed by atoms with E-state index in [4.69, 9.17) is 4.42 Å². The lowest BCUT2D eigenvalue weighted by Gasteiger charge is -2.11. The fourth-order valence-electron chi connectivity index (χ4n) is 2.72. The number of nitrogens with one attached hydrogen (secondary N) is 1. The Morgan fingerprint density at radius 1 is 0.926 bits per heavy atom. The van der Waals surface area contributed by atoms with Gasteiger partial charge in [-0.3, -0.25) is 5.43 Å². The van der Waals surface area contributed by atoms with Gasteiger partial charge in [0.2, 0.25) is 5.89 Å². The first kappa shape index (κ1) is 16.8.